The Hall–Kier alpha value is -2.29. The van der Waals surface area contributed by atoms with Crippen LogP contribution in [0, 0.1) is 0 Å². The smallest absolute Gasteiger partial charge is 1.00 e. The van der Waals surface area contributed by atoms with E-state index in [1.54, 1.807) is 12.1 Å². The molecule has 0 aromatic heterocycles. The molecule has 0 nitrogen and oxygen atoms in total. The Kier molecular flexibility index (Phi) is 7.46. The second-order valence-corrected chi connectivity index (χ2v) is 14.5. The third-order valence-corrected chi connectivity index (χ3v) is 14.5. The van der Waals surface area contributed by atoms with Crippen molar-refractivity contribution in [3.05, 3.63) is 126 Å². The molecule has 0 aliphatic rings. The van der Waals surface area contributed by atoms with Crippen molar-refractivity contribution in [1.82, 2.24) is 0 Å². The first kappa shape index (κ1) is 23.4. The van der Waals surface area contributed by atoms with E-state index >= 15 is 0 Å². The van der Waals surface area contributed by atoms with E-state index in [-0.39, 0.29) is 17.0 Å². The SMILES string of the molecule is FC(F)(F)c1ccc(C[As+](c2ccccc2)(c2ccccc2)c2ccccc2)cc1.[Br-]. The van der Waals surface area contributed by atoms with E-state index in [9.17, 15) is 13.2 Å². The minimum absolute atomic E-state index is 0. The number of halogens is 4. The molecular formula is C26H21AsBrF3. The third-order valence-electron chi connectivity index (χ3n) is 5.29. The van der Waals surface area contributed by atoms with Crippen LogP contribution in [0.25, 0.3) is 0 Å². The summed E-state index contributed by atoms with van der Waals surface area (Å²) in [5, 5.41) is 0.717. The minimum atomic E-state index is -4.33. The number of hydrogen-bond acceptors (Lipinski definition) is 0. The number of hydrogen-bond donors (Lipinski definition) is 0. The summed E-state index contributed by atoms with van der Waals surface area (Å²) in [5.74, 6) is 0. The topological polar surface area (TPSA) is 0 Å². The summed E-state index contributed by atoms with van der Waals surface area (Å²) in [6.07, 6.45) is -4.33. The maximum absolute atomic E-state index is 13.1. The normalized spacial score (nSPS) is 11.6. The molecule has 4 aromatic carbocycles. The van der Waals surface area contributed by atoms with Gasteiger partial charge in [0.1, 0.15) is 0 Å². The van der Waals surface area contributed by atoms with Crippen LogP contribution in [0.5, 0.6) is 0 Å². The van der Waals surface area contributed by atoms with E-state index in [2.05, 4.69) is 36.4 Å². The molecule has 0 heterocycles. The van der Waals surface area contributed by atoms with E-state index in [0.29, 0.717) is 5.21 Å². The Labute approximate surface area is 194 Å². The third kappa shape index (κ3) is 4.97. The maximum Gasteiger partial charge on any atom is -1.00 e. The fourth-order valence-corrected chi connectivity index (χ4v) is 12.7. The summed E-state index contributed by atoms with van der Waals surface area (Å²) in [4.78, 5) is 0. The Balaban J connectivity index is 0.00000272. The molecule has 0 fully saturated rings. The van der Waals surface area contributed by atoms with Gasteiger partial charge in [0.25, 0.3) is 0 Å². The summed E-state index contributed by atoms with van der Waals surface area (Å²) in [7, 11) is 0. The first-order valence-corrected chi connectivity index (χ1v) is 13.9. The molecule has 0 unspecified atom stereocenters. The largest absolute Gasteiger partial charge is 1.00 e. The van der Waals surface area contributed by atoms with Crippen LogP contribution in [0.2, 0.25) is 0 Å². The molecule has 0 N–H and O–H groups in total. The zero-order valence-electron chi connectivity index (χ0n) is 16.6. The summed E-state index contributed by atoms with van der Waals surface area (Å²) < 4.78 is 43.0. The Bertz CT molecular complexity index is 984. The predicted molar refractivity (Wildman–Crippen MR) is 119 cm³/mol. The second kappa shape index (κ2) is 9.89. The van der Waals surface area contributed by atoms with Crippen LogP contribution in [0.3, 0.4) is 0 Å². The molecule has 4 rings (SSSR count). The van der Waals surface area contributed by atoms with Gasteiger partial charge in [-0.05, 0) is 0 Å². The van der Waals surface area contributed by atoms with Gasteiger partial charge < -0.3 is 17.0 Å². The van der Waals surface area contributed by atoms with Crippen molar-refractivity contribution >= 4 is 26.6 Å². The maximum atomic E-state index is 13.1. The molecule has 0 saturated heterocycles. The molecule has 0 aliphatic carbocycles. The van der Waals surface area contributed by atoms with Crippen molar-refractivity contribution in [2.75, 3.05) is 0 Å². The van der Waals surface area contributed by atoms with E-state index in [1.807, 2.05) is 54.6 Å². The van der Waals surface area contributed by atoms with Crippen LogP contribution < -0.4 is 30.0 Å². The van der Waals surface area contributed by atoms with Gasteiger partial charge >= 0.3 is 178 Å². The average Bonchev–Trinajstić information content (AvgIpc) is 2.79. The van der Waals surface area contributed by atoms with Gasteiger partial charge in [-0.3, -0.25) is 0 Å². The van der Waals surface area contributed by atoms with Crippen LogP contribution in [-0.4, -0.2) is 13.6 Å². The van der Waals surface area contributed by atoms with Crippen LogP contribution in [0.15, 0.2) is 115 Å². The summed E-state index contributed by atoms with van der Waals surface area (Å²) >= 11 is -2.98. The fraction of sp³-hybridized carbons (Fsp3) is 0.0769. The fourth-order valence-electron chi connectivity index (χ4n) is 3.84. The van der Waals surface area contributed by atoms with Crippen molar-refractivity contribution in [1.29, 1.82) is 0 Å². The number of rotatable bonds is 5. The van der Waals surface area contributed by atoms with Gasteiger partial charge in [0, 0.05) is 0 Å². The molecule has 0 amide bonds. The summed E-state index contributed by atoms with van der Waals surface area (Å²) in [5.41, 5.74) is 0.314. The Morgan fingerprint density at radius 3 is 1.19 bits per heavy atom. The molecular weight excluding hydrogens is 524 g/mol. The van der Waals surface area contributed by atoms with Crippen molar-refractivity contribution in [2.24, 2.45) is 0 Å². The summed E-state index contributed by atoms with van der Waals surface area (Å²) in [6, 6.07) is 36.9. The van der Waals surface area contributed by atoms with Gasteiger partial charge in [0.15, 0.2) is 0 Å². The molecule has 0 spiro atoms. The molecule has 0 radical (unpaired) electrons. The number of benzene rings is 4. The van der Waals surface area contributed by atoms with E-state index in [1.165, 1.54) is 25.2 Å². The zero-order chi connectivity index (χ0) is 21.0. The van der Waals surface area contributed by atoms with Gasteiger partial charge in [-0.2, -0.15) is 0 Å². The molecule has 158 valence electrons. The van der Waals surface area contributed by atoms with E-state index in [4.69, 9.17) is 0 Å². The van der Waals surface area contributed by atoms with Gasteiger partial charge in [-0.1, -0.05) is 0 Å². The van der Waals surface area contributed by atoms with Crippen molar-refractivity contribution in [3.8, 4) is 0 Å². The van der Waals surface area contributed by atoms with Gasteiger partial charge in [-0.15, -0.1) is 0 Å². The molecule has 0 atom stereocenters. The van der Waals surface area contributed by atoms with Crippen LogP contribution in [0.4, 0.5) is 13.2 Å². The molecule has 5 heteroatoms. The van der Waals surface area contributed by atoms with Crippen molar-refractivity contribution in [3.63, 3.8) is 0 Å². The van der Waals surface area contributed by atoms with Crippen molar-refractivity contribution in [2.45, 2.75) is 11.4 Å². The first-order chi connectivity index (χ1) is 14.5. The molecule has 0 aliphatic heterocycles. The zero-order valence-corrected chi connectivity index (χ0v) is 20.1. The molecule has 0 bridgehead atoms. The van der Waals surface area contributed by atoms with Crippen LogP contribution >= 0.6 is 0 Å². The van der Waals surface area contributed by atoms with Gasteiger partial charge in [0.2, 0.25) is 0 Å². The molecule has 0 saturated carbocycles. The standard InChI is InChI=1S/C26H21AsF3.BrH/c28-26(29,30)22-18-16-21(17-19-22)20-27(23-10-4-1-5-11-23,24-12-6-2-7-13-24)25-14-8-3-9-15-25;/h1-19H,20H2;1H/q+1;/p-1. The molecule has 4 aromatic rings. The Morgan fingerprint density at radius 2 is 0.871 bits per heavy atom. The Morgan fingerprint density at radius 1 is 0.516 bits per heavy atom. The average molecular weight is 545 g/mol. The van der Waals surface area contributed by atoms with Crippen LogP contribution in [-0.2, 0) is 11.4 Å². The molecule has 31 heavy (non-hydrogen) atoms. The summed E-state index contributed by atoms with van der Waals surface area (Å²) in [6.45, 7) is 0. The second-order valence-electron chi connectivity index (χ2n) is 7.17. The van der Waals surface area contributed by atoms with Crippen molar-refractivity contribution < 1.29 is 30.2 Å². The van der Waals surface area contributed by atoms with Crippen LogP contribution in [0.1, 0.15) is 11.1 Å². The first-order valence-electron chi connectivity index (χ1n) is 9.71. The predicted octanol–water partition coefficient (Wildman–Crippen LogP) is 1.96. The quantitative estimate of drug-likeness (QED) is 0.337. The monoisotopic (exact) mass is 544 g/mol. The van der Waals surface area contributed by atoms with Gasteiger partial charge in [0.05, 0.1) is 0 Å². The number of alkyl halides is 3. The van der Waals surface area contributed by atoms with E-state index < -0.39 is 25.3 Å². The van der Waals surface area contributed by atoms with E-state index in [0.717, 1.165) is 5.56 Å². The van der Waals surface area contributed by atoms with Gasteiger partial charge in [-0.25, -0.2) is 0 Å². The minimum Gasteiger partial charge on any atom is -1.00 e.